The summed E-state index contributed by atoms with van der Waals surface area (Å²) in [5, 5.41) is 9.41. The highest BCUT2D eigenvalue weighted by atomic mass is 79.9. The lowest BCUT2D eigenvalue weighted by Gasteiger charge is -2.12. The number of benzene rings is 1. The molecule has 102 valence electrons. The zero-order valence-corrected chi connectivity index (χ0v) is 13.5. The molecule has 0 spiro atoms. The number of hydrogen-bond donors (Lipinski definition) is 2. The smallest absolute Gasteiger partial charge is 0.241 e. The van der Waals surface area contributed by atoms with E-state index in [4.69, 9.17) is 4.74 Å². The molecule has 2 N–H and O–H groups in total. The first-order valence-electron chi connectivity index (χ1n) is 4.98. The van der Waals surface area contributed by atoms with Crippen molar-refractivity contribution in [3.63, 3.8) is 0 Å². The van der Waals surface area contributed by atoms with Gasteiger partial charge in [-0.15, -0.1) is 0 Å². The van der Waals surface area contributed by atoms with Crippen molar-refractivity contribution < 1.29 is 18.3 Å². The molecular formula is C10H13Br2NO4S. The number of sulfonamides is 1. The fraction of sp³-hybridized carbons (Fsp3) is 0.400. The molecule has 1 aromatic carbocycles. The van der Waals surface area contributed by atoms with Crippen LogP contribution in [0, 0.1) is 0 Å². The largest absolute Gasteiger partial charge is 0.389 e. The molecule has 5 nitrogen and oxygen atoms in total. The third kappa shape index (κ3) is 4.60. The van der Waals surface area contributed by atoms with Crippen molar-refractivity contribution in [1.82, 2.24) is 4.72 Å². The summed E-state index contributed by atoms with van der Waals surface area (Å²) >= 11 is 6.39. The number of methoxy groups -OCH3 is 1. The van der Waals surface area contributed by atoms with Gasteiger partial charge in [-0.1, -0.05) is 15.9 Å². The molecule has 1 aromatic rings. The number of nitrogens with one attached hydrogen (secondary N) is 1. The number of aliphatic hydroxyl groups is 1. The molecule has 0 radical (unpaired) electrons. The Morgan fingerprint density at radius 2 is 2.11 bits per heavy atom. The van der Waals surface area contributed by atoms with Crippen LogP contribution in [0.3, 0.4) is 0 Å². The maximum Gasteiger partial charge on any atom is 0.241 e. The van der Waals surface area contributed by atoms with Crippen molar-refractivity contribution in [2.75, 3.05) is 20.3 Å². The van der Waals surface area contributed by atoms with Gasteiger partial charge in [-0.05, 0) is 34.1 Å². The first-order chi connectivity index (χ1) is 8.36. The minimum absolute atomic E-state index is 0.0716. The molecule has 1 unspecified atom stereocenters. The first kappa shape index (κ1) is 16.1. The summed E-state index contributed by atoms with van der Waals surface area (Å²) in [6, 6.07) is 4.84. The molecule has 0 aliphatic rings. The first-order valence-corrected chi connectivity index (χ1v) is 8.05. The Morgan fingerprint density at radius 1 is 1.44 bits per heavy atom. The number of aliphatic hydroxyl groups excluding tert-OH is 1. The standard InChI is InChI=1S/C10H13Br2NO4S/c1-17-6-8(14)5-13-18(15,16)10-4-7(11)2-3-9(10)12/h2-4,8,13-14H,5-6H2,1H3. The molecule has 8 heteroatoms. The van der Waals surface area contributed by atoms with Crippen LogP contribution < -0.4 is 4.72 Å². The zero-order valence-electron chi connectivity index (χ0n) is 9.56. The van der Waals surface area contributed by atoms with Gasteiger partial charge >= 0.3 is 0 Å². The molecule has 0 aliphatic carbocycles. The van der Waals surface area contributed by atoms with Crippen LogP contribution in [-0.2, 0) is 14.8 Å². The second-order valence-electron chi connectivity index (χ2n) is 3.54. The van der Waals surface area contributed by atoms with E-state index in [0.717, 1.165) is 0 Å². The van der Waals surface area contributed by atoms with E-state index < -0.39 is 16.1 Å². The summed E-state index contributed by atoms with van der Waals surface area (Å²) in [5.74, 6) is 0. The van der Waals surface area contributed by atoms with Crippen LogP contribution in [-0.4, -0.2) is 39.9 Å². The average Bonchev–Trinajstić information content (AvgIpc) is 2.30. The van der Waals surface area contributed by atoms with E-state index in [2.05, 4.69) is 36.6 Å². The monoisotopic (exact) mass is 401 g/mol. The van der Waals surface area contributed by atoms with Gasteiger partial charge in [-0.3, -0.25) is 0 Å². The Morgan fingerprint density at radius 3 is 2.72 bits per heavy atom. The molecule has 1 rings (SSSR count). The quantitative estimate of drug-likeness (QED) is 0.755. The van der Waals surface area contributed by atoms with Crippen molar-refractivity contribution in [1.29, 1.82) is 0 Å². The minimum atomic E-state index is -3.67. The van der Waals surface area contributed by atoms with Crippen molar-refractivity contribution >= 4 is 41.9 Å². The lowest BCUT2D eigenvalue weighted by Crippen LogP contribution is -2.34. The van der Waals surface area contributed by atoms with Crippen molar-refractivity contribution in [2.24, 2.45) is 0 Å². The number of ether oxygens (including phenoxy) is 1. The van der Waals surface area contributed by atoms with Crippen LogP contribution in [0.15, 0.2) is 32.0 Å². The average molecular weight is 403 g/mol. The lowest BCUT2D eigenvalue weighted by atomic mass is 10.4. The molecule has 0 saturated heterocycles. The van der Waals surface area contributed by atoms with E-state index in [-0.39, 0.29) is 18.0 Å². The van der Waals surface area contributed by atoms with Crippen LogP contribution in [0.4, 0.5) is 0 Å². The van der Waals surface area contributed by atoms with E-state index in [1.807, 2.05) is 0 Å². The fourth-order valence-electron chi connectivity index (χ4n) is 1.22. The molecule has 0 fully saturated rings. The third-order valence-electron chi connectivity index (χ3n) is 2.05. The Bertz CT molecular complexity index is 507. The summed E-state index contributed by atoms with van der Waals surface area (Å²) in [4.78, 5) is 0.112. The number of rotatable bonds is 6. The minimum Gasteiger partial charge on any atom is -0.389 e. The summed E-state index contributed by atoms with van der Waals surface area (Å²) in [5.41, 5.74) is 0. The summed E-state index contributed by atoms with van der Waals surface area (Å²) in [7, 11) is -2.24. The van der Waals surface area contributed by atoms with E-state index in [0.29, 0.717) is 8.95 Å². The summed E-state index contributed by atoms with van der Waals surface area (Å²) < 4.78 is 32.1. The zero-order chi connectivity index (χ0) is 13.8. The van der Waals surface area contributed by atoms with Gasteiger partial charge in [0.2, 0.25) is 10.0 Å². The number of hydrogen-bond acceptors (Lipinski definition) is 4. The van der Waals surface area contributed by atoms with Crippen LogP contribution in [0.2, 0.25) is 0 Å². The fourth-order valence-corrected chi connectivity index (χ4v) is 3.79. The van der Waals surface area contributed by atoms with E-state index >= 15 is 0 Å². The molecule has 1 atom stereocenters. The van der Waals surface area contributed by atoms with E-state index in [9.17, 15) is 13.5 Å². The highest BCUT2D eigenvalue weighted by Crippen LogP contribution is 2.25. The van der Waals surface area contributed by atoms with Gasteiger partial charge in [0.05, 0.1) is 17.6 Å². The molecule has 0 aromatic heterocycles. The SMILES string of the molecule is COCC(O)CNS(=O)(=O)c1cc(Br)ccc1Br. The molecule has 0 heterocycles. The molecular weight excluding hydrogens is 390 g/mol. The maximum atomic E-state index is 12.0. The van der Waals surface area contributed by atoms with Gasteiger partial charge in [0.25, 0.3) is 0 Å². The van der Waals surface area contributed by atoms with Gasteiger partial charge < -0.3 is 9.84 Å². The molecule has 0 saturated carbocycles. The summed E-state index contributed by atoms with van der Waals surface area (Å²) in [6.07, 6.45) is -0.879. The van der Waals surface area contributed by atoms with Crippen molar-refractivity contribution in [3.05, 3.63) is 27.1 Å². The van der Waals surface area contributed by atoms with Gasteiger partial charge in [0.15, 0.2) is 0 Å². The predicted molar refractivity (Wildman–Crippen MR) is 74.9 cm³/mol. The molecule has 18 heavy (non-hydrogen) atoms. The van der Waals surface area contributed by atoms with Crippen LogP contribution in [0.5, 0.6) is 0 Å². The second-order valence-corrected chi connectivity index (χ2v) is 7.04. The van der Waals surface area contributed by atoms with Crippen molar-refractivity contribution in [3.8, 4) is 0 Å². The van der Waals surface area contributed by atoms with E-state index in [1.165, 1.54) is 13.2 Å². The summed E-state index contributed by atoms with van der Waals surface area (Å²) in [6.45, 7) is -0.0305. The second kappa shape index (κ2) is 6.97. The highest BCUT2D eigenvalue weighted by molar-refractivity contribution is 9.11. The molecule has 0 amide bonds. The third-order valence-corrected chi connectivity index (χ3v) is 4.96. The number of halogens is 2. The van der Waals surface area contributed by atoms with Crippen LogP contribution in [0.25, 0.3) is 0 Å². The van der Waals surface area contributed by atoms with Crippen molar-refractivity contribution in [2.45, 2.75) is 11.0 Å². The normalized spacial score (nSPS) is 13.6. The lowest BCUT2D eigenvalue weighted by molar-refractivity contribution is 0.0679. The van der Waals surface area contributed by atoms with E-state index in [1.54, 1.807) is 12.1 Å². The topological polar surface area (TPSA) is 75.6 Å². The van der Waals surface area contributed by atoms with Gasteiger partial charge in [0.1, 0.15) is 0 Å². The predicted octanol–water partition coefficient (Wildman–Crippen LogP) is 1.50. The van der Waals surface area contributed by atoms with Crippen LogP contribution >= 0.6 is 31.9 Å². The molecule has 0 bridgehead atoms. The Kier molecular flexibility index (Phi) is 6.22. The molecule has 0 aliphatic heterocycles. The van der Waals surface area contributed by atoms with Gasteiger partial charge in [-0.25, -0.2) is 13.1 Å². The van der Waals surface area contributed by atoms with Crippen LogP contribution in [0.1, 0.15) is 0 Å². The Balaban J connectivity index is 2.83. The van der Waals surface area contributed by atoms with Gasteiger partial charge in [-0.2, -0.15) is 0 Å². The Hall–Kier alpha value is 0.01000. The highest BCUT2D eigenvalue weighted by Gasteiger charge is 2.19. The maximum absolute atomic E-state index is 12.0. The Labute approximate surface area is 123 Å². The van der Waals surface area contributed by atoms with Gasteiger partial charge in [0, 0.05) is 22.6 Å².